The molecule has 0 saturated carbocycles. The molecule has 168 valence electrons. The van der Waals surface area contributed by atoms with Gasteiger partial charge in [0.15, 0.2) is 0 Å². The van der Waals surface area contributed by atoms with Crippen LogP contribution in [0.5, 0.6) is 0 Å². The Morgan fingerprint density at radius 1 is 0.812 bits per heavy atom. The van der Waals surface area contributed by atoms with Crippen molar-refractivity contribution in [2.75, 3.05) is 0 Å². The van der Waals surface area contributed by atoms with E-state index < -0.39 is 5.60 Å². The minimum atomic E-state index is -0.548. The summed E-state index contributed by atoms with van der Waals surface area (Å²) < 4.78 is 7.04. The minimum Gasteiger partial charge on any atom is -0.354 e. The van der Waals surface area contributed by atoms with Crippen molar-refractivity contribution in [3.63, 3.8) is 0 Å². The first kappa shape index (κ1) is 24.0. The zero-order valence-corrected chi connectivity index (χ0v) is 20.5. The molecule has 0 amide bonds. The van der Waals surface area contributed by atoms with Gasteiger partial charge in [0.25, 0.3) is 0 Å². The Hall–Kier alpha value is -2.64. The number of hydrogen-bond donors (Lipinski definition) is 0. The lowest BCUT2D eigenvalue weighted by atomic mass is 9.70. The zero-order chi connectivity index (χ0) is 23.1. The maximum Gasteiger partial charge on any atom is 0.138 e. The van der Waals surface area contributed by atoms with Crippen molar-refractivity contribution in [2.45, 2.75) is 59.7 Å². The van der Waals surface area contributed by atoms with E-state index in [1.807, 2.05) is 27.7 Å². The first-order chi connectivity index (χ1) is 15.7. The molecule has 1 heterocycles. The molecular formula is C31H38O. The van der Waals surface area contributed by atoms with Gasteiger partial charge < -0.3 is 4.74 Å². The van der Waals surface area contributed by atoms with Crippen molar-refractivity contribution in [1.29, 1.82) is 0 Å². The second-order valence-corrected chi connectivity index (χ2v) is 8.18. The molecule has 3 aliphatic rings. The third kappa shape index (κ3) is 4.32. The van der Waals surface area contributed by atoms with Gasteiger partial charge in [-0.1, -0.05) is 113 Å². The highest BCUT2D eigenvalue weighted by Gasteiger charge is 2.44. The summed E-state index contributed by atoms with van der Waals surface area (Å²) in [5.74, 6) is 0.908. The second-order valence-electron chi connectivity index (χ2n) is 8.18. The van der Waals surface area contributed by atoms with Crippen molar-refractivity contribution in [3.05, 3.63) is 119 Å². The van der Waals surface area contributed by atoms with Gasteiger partial charge in [0.05, 0.1) is 6.10 Å². The number of rotatable bonds is 2. The summed E-state index contributed by atoms with van der Waals surface area (Å²) >= 11 is 0. The molecular weight excluding hydrogens is 388 g/mol. The van der Waals surface area contributed by atoms with Gasteiger partial charge in [-0.05, 0) is 60.1 Å². The molecule has 3 unspecified atom stereocenters. The molecule has 0 spiro atoms. The van der Waals surface area contributed by atoms with Crippen LogP contribution in [-0.2, 0) is 10.3 Å². The molecule has 2 aromatic carbocycles. The summed E-state index contributed by atoms with van der Waals surface area (Å²) in [6.45, 7) is 12.4. The Morgan fingerprint density at radius 2 is 1.41 bits per heavy atom. The van der Waals surface area contributed by atoms with Gasteiger partial charge in [0.2, 0.25) is 0 Å². The summed E-state index contributed by atoms with van der Waals surface area (Å²) in [5.41, 5.74) is 5.86. The van der Waals surface area contributed by atoms with Crippen LogP contribution < -0.4 is 0 Å². The Bertz CT molecular complexity index is 975. The summed E-state index contributed by atoms with van der Waals surface area (Å²) in [5, 5.41) is 0. The SMILES string of the molecule is CC.CC.Cc1ccccc1C1(c2ccccc2C)C=CC2C(C=CC3=CC=CCC32)O1. The van der Waals surface area contributed by atoms with E-state index in [4.69, 9.17) is 4.74 Å². The molecule has 32 heavy (non-hydrogen) atoms. The quantitative estimate of drug-likeness (QED) is 0.439. The molecule has 3 atom stereocenters. The molecule has 0 N–H and O–H groups in total. The number of allylic oxidation sites excluding steroid dienone is 5. The highest BCUT2D eigenvalue weighted by Crippen LogP contribution is 2.48. The first-order valence-electron chi connectivity index (χ1n) is 12.2. The maximum absolute atomic E-state index is 7.04. The molecule has 0 fully saturated rings. The van der Waals surface area contributed by atoms with Crippen LogP contribution in [0.4, 0.5) is 0 Å². The van der Waals surface area contributed by atoms with Gasteiger partial charge in [-0.3, -0.25) is 0 Å². The van der Waals surface area contributed by atoms with Crippen molar-refractivity contribution in [2.24, 2.45) is 11.8 Å². The number of ether oxygens (including phenoxy) is 1. The predicted octanol–water partition coefficient (Wildman–Crippen LogP) is 8.24. The van der Waals surface area contributed by atoms with Gasteiger partial charge in [-0.2, -0.15) is 0 Å². The van der Waals surface area contributed by atoms with E-state index in [1.54, 1.807) is 0 Å². The highest BCUT2D eigenvalue weighted by molar-refractivity contribution is 5.50. The van der Waals surface area contributed by atoms with E-state index in [-0.39, 0.29) is 6.10 Å². The van der Waals surface area contributed by atoms with Crippen molar-refractivity contribution < 1.29 is 4.74 Å². The minimum absolute atomic E-state index is 0.0814. The van der Waals surface area contributed by atoms with E-state index in [2.05, 4.69) is 105 Å². The Labute approximate surface area is 195 Å². The van der Waals surface area contributed by atoms with Crippen molar-refractivity contribution in [3.8, 4) is 0 Å². The molecule has 1 heteroatoms. The third-order valence-electron chi connectivity index (χ3n) is 6.53. The molecule has 2 aliphatic carbocycles. The van der Waals surface area contributed by atoms with Crippen molar-refractivity contribution in [1.82, 2.24) is 0 Å². The molecule has 0 saturated heterocycles. The summed E-state index contributed by atoms with van der Waals surface area (Å²) in [4.78, 5) is 0. The fourth-order valence-electron chi connectivity index (χ4n) is 5.08. The number of aryl methyl sites for hydroxylation is 2. The Morgan fingerprint density at radius 3 is 2.00 bits per heavy atom. The molecule has 5 rings (SSSR count). The smallest absolute Gasteiger partial charge is 0.138 e. The van der Waals surface area contributed by atoms with Crippen LogP contribution >= 0.6 is 0 Å². The largest absolute Gasteiger partial charge is 0.354 e. The van der Waals surface area contributed by atoms with Crippen LogP contribution in [-0.4, -0.2) is 6.10 Å². The van der Waals surface area contributed by atoms with Gasteiger partial charge >= 0.3 is 0 Å². The van der Waals surface area contributed by atoms with Crippen LogP contribution in [0.15, 0.2) is 96.6 Å². The average molecular weight is 427 g/mol. The van der Waals surface area contributed by atoms with Crippen LogP contribution in [0, 0.1) is 25.7 Å². The average Bonchev–Trinajstić information content (AvgIpc) is 2.86. The molecule has 2 aromatic rings. The van der Waals surface area contributed by atoms with E-state index >= 15 is 0 Å². The highest BCUT2D eigenvalue weighted by atomic mass is 16.5. The number of hydrogen-bond acceptors (Lipinski definition) is 1. The van der Waals surface area contributed by atoms with Crippen LogP contribution in [0.1, 0.15) is 56.4 Å². The summed E-state index contributed by atoms with van der Waals surface area (Å²) in [6.07, 6.45) is 17.2. The van der Waals surface area contributed by atoms with Crippen LogP contribution in [0.2, 0.25) is 0 Å². The standard InChI is InChI=1S/C27H26O.2C2H6/c1-19-9-3-7-13-24(19)27(25-14-8-4-10-20(25)2)18-17-23-22-12-6-5-11-21(22)15-16-26(23)28-27;2*1-2/h3-11,13-18,22-23,26H,12H2,1-2H3;2*1-2H3. The van der Waals surface area contributed by atoms with Crippen LogP contribution in [0.3, 0.4) is 0 Å². The van der Waals surface area contributed by atoms with Gasteiger partial charge in [-0.25, -0.2) is 0 Å². The molecule has 1 aliphatic heterocycles. The van der Waals surface area contributed by atoms with Crippen molar-refractivity contribution >= 4 is 0 Å². The van der Waals surface area contributed by atoms with E-state index in [0.29, 0.717) is 11.8 Å². The summed E-state index contributed by atoms with van der Waals surface area (Å²) in [7, 11) is 0. The van der Waals surface area contributed by atoms with Gasteiger partial charge in [0, 0.05) is 5.92 Å². The molecule has 1 nitrogen and oxygen atoms in total. The fourth-order valence-corrected chi connectivity index (χ4v) is 5.08. The lowest BCUT2D eigenvalue weighted by Crippen LogP contribution is -2.44. The monoisotopic (exact) mass is 426 g/mol. The predicted molar refractivity (Wildman–Crippen MR) is 138 cm³/mol. The number of benzene rings is 2. The van der Waals surface area contributed by atoms with E-state index in [9.17, 15) is 0 Å². The van der Waals surface area contributed by atoms with E-state index in [0.717, 1.165) is 6.42 Å². The number of fused-ring (bicyclic) bond motifs is 3. The maximum atomic E-state index is 7.04. The second kappa shape index (κ2) is 10.8. The van der Waals surface area contributed by atoms with Gasteiger partial charge in [0.1, 0.15) is 5.60 Å². The molecule has 0 radical (unpaired) electrons. The normalized spacial score (nSPS) is 24.1. The lowest BCUT2D eigenvalue weighted by molar-refractivity contribution is -0.0587. The zero-order valence-electron chi connectivity index (χ0n) is 20.5. The van der Waals surface area contributed by atoms with Gasteiger partial charge in [-0.15, -0.1) is 0 Å². The molecule has 0 aromatic heterocycles. The van der Waals surface area contributed by atoms with Crippen LogP contribution in [0.25, 0.3) is 0 Å². The summed E-state index contributed by atoms with van der Waals surface area (Å²) in [6, 6.07) is 17.2. The molecule has 0 bridgehead atoms. The lowest BCUT2D eigenvalue weighted by Gasteiger charge is -2.46. The van der Waals surface area contributed by atoms with E-state index in [1.165, 1.54) is 27.8 Å². The fraction of sp³-hybridized carbons (Fsp3) is 0.355. The Balaban J connectivity index is 0.000000686. The Kier molecular flexibility index (Phi) is 8.10. The third-order valence-corrected chi connectivity index (χ3v) is 6.53. The first-order valence-corrected chi connectivity index (χ1v) is 12.2. The topological polar surface area (TPSA) is 9.23 Å².